The van der Waals surface area contributed by atoms with Crippen LogP contribution < -0.4 is 9.80 Å². The number of thioether (sulfide) groups is 1. The molecule has 0 atom stereocenters. The van der Waals surface area contributed by atoms with Crippen molar-refractivity contribution in [2.24, 2.45) is 4.99 Å². The molecule has 0 unspecified atom stereocenters. The number of anilines is 2. The van der Waals surface area contributed by atoms with E-state index in [2.05, 4.69) is 9.89 Å². The summed E-state index contributed by atoms with van der Waals surface area (Å²) >= 11 is 7.56. The molecule has 0 aromatic heterocycles. The minimum Gasteiger partial charge on any atom is -0.368 e. The van der Waals surface area contributed by atoms with Crippen molar-refractivity contribution in [2.45, 2.75) is 6.92 Å². The van der Waals surface area contributed by atoms with Gasteiger partial charge in [0.1, 0.15) is 5.70 Å². The van der Waals surface area contributed by atoms with E-state index in [1.807, 2.05) is 77.7 Å². The van der Waals surface area contributed by atoms with Crippen molar-refractivity contribution in [3.63, 3.8) is 0 Å². The van der Waals surface area contributed by atoms with Gasteiger partial charge in [0, 0.05) is 42.5 Å². The average Bonchev–Trinajstić information content (AvgIpc) is 3.28. The van der Waals surface area contributed by atoms with Gasteiger partial charge in [0.05, 0.1) is 11.4 Å². The summed E-state index contributed by atoms with van der Waals surface area (Å²) in [7, 11) is 0. The van der Waals surface area contributed by atoms with Gasteiger partial charge in [0.25, 0.3) is 5.91 Å². The Labute approximate surface area is 236 Å². The Bertz CT molecular complexity index is 1450. The molecule has 2 aliphatic rings. The predicted octanol–water partition coefficient (Wildman–Crippen LogP) is 5.37. The number of carbonyl (C=O) groups excluding carboxylic acids is 3. The highest BCUT2D eigenvalue weighted by molar-refractivity contribution is 8.14. The Morgan fingerprint density at radius 1 is 0.897 bits per heavy atom. The second-order valence-electron chi connectivity index (χ2n) is 9.18. The average molecular weight is 559 g/mol. The number of piperazine rings is 1. The number of carbonyl (C=O) groups is 3. The molecular weight excluding hydrogens is 532 g/mol. The quantitative estimate of drug-likeness (QED) is 0.300. The van der Waals surface area contributed by atoms with Crippen LogP contribution in [0, 0.1) is 0 Å². The third kappa shape index (κ3) is 6.08. The van der Waals surface area contributed by atoms with Crippen molar-refractivity contribution in [3.8, 4) is 0 Å². The van der Waals surface area contributed by atoms with Crippen LogP contribution in [0.4, 0.5) is 11.4 Å². The van der Waals surface area contributed by atoms with E-state index in [4.69, 9.17) is 11.6 Å². The van der Waals surface area contributed by atoms with Gasteiger partial charge in [-0.25, -0.2) is 4.99 Å². The molecule has 2 amide bonds. The summed E-state index contributed by atoms with van der Waals surface area (Å²) in [4.78, 5) is 48.2. The maximum atomic E-state index is 13.4. The number of Topliss-reactive ketones (excluding diaryl/α,β-unsaturated/α-hetero) is 1. The summed E-state index contributed by atoms with van der Waals surface area (Å²) in [5.74, 6) is -0.0543. The summed E-state index contributed by atoms with van der Waals surface area (Å²) in [5, 5.41) is 0.992. The van der Waals surface area contributed by atoms with Gasteiger partial charge in [0.15, 0.2) is 11.0 Å². The van der Waals surface area contributed by atoms with Crippen molar-refractivity contribution in [2.75, 3.05) is 41.7 Å². The second kappa shape index (κ2) is 11.9. The van der Waals surface area contributed by atoms with E-state index in [0.29, 0.717) is 53.2 Å². The van der Waals surface area contributed by atoms with Crippen molar-refractivity contribution in [1.29, 1.82) is 0 Å². The summed E-state index contributed by atoms with van der Waals surface area (Å²) in [6.45, 7) is 4.16. The Kier molecular flexibility index (Phi) is 8.14. The van der Waals surface area contributed by atoms with E-state index < -0.39 is 0 Å². The van der Waals surface area contributed by atoms with Gasteiger partial charge in [-0.05, 0) is 61.0 Å². The zero-order valence-electron chi connectivity index (χ0n) is 21.4. The number of benzene rings is 3. The lowest BCUT2D eigenvalue weighted by molar-refractivity contribution is -0.128. The van der Waals surface area contributed by atoms with Crippen molar-refractivity contribution in [3.05, 3.63) is 101 Å². The Hall–Kier alpha value is -3.88. The molecule has 7 nitrogen and oxygen atoms in total. The monoisotopic (exact) mass is 558 g/mol. The molecule has 1 fully saturated rings. The van der Waals surface area contributed by atoms with Gasteiger partial charge in [-0.2, -0.15) is 0 Å². The molecule has 1 saturated heterocycles. The van der Waals surface area contributed by atoms with E-state index in [9.17, 15) is 14.4 Å². The first-order chi connectivity index (χ1) is 18.9. The van der Waals surface area contributed by atoms with Crippen LogP contribution in [0.5, 0.6) is 0 Å². The molecule has 2 heterocycles. The lowest BCUT2D eigenvalue weighted by Gasteiger charge is -2.36. The molecule has 3 aromatic carbocycles. The maximum Gasteiger partial charge on any atom is 0.283 e. The zero-order valence-corrected chi connectivity index (χ0v) is 23.0. The summed E-state index contributed by atoms with van der Waals surface area (Å²) in [5.41, 5.74) is 3.39. The van der Waals surface area contributed by atoms with Crippen LogP contribution in [0.15, 0.2) is 89.6 Å². The van der Waals surface area contributed by atoms with Crippen LogP contribution in [-0.4, -0.2) is 59.6 Å². The maximum absolute atomic E-state index is 13.4. The summed E-state index contributed by atoms with van der Waals surface area (Å²) in [6, 6.07) is 24.1. The highest BCUT2D eigenvalue weighted by Gasteiger charge is 2.33. The molecule has 0 N–H and O–H groups in total. The summed E-state index contributed by atoms with van der Waals surface area (Å²) in [6.07, 6.45) is 1.68. The lowest BCUT2D eigenvalue weighted by Crippen LogP contribution is -2.49. The van der Waals surface area contributed by atoms with Gasteiger partial charge in [-0.15, -0.1) is 0 Å². The van der Waals surface area contributed by atoms with Gasteiger partial charge in [-0.1, -0.05) is 59.8 Å². The van der Waals surface area contributed by atoms with Crippen LogP contribution in [0.25, 0.3) is 6.08 Å². The minimum atomic E-state index is -0.263. The molecule has 39 heavy (non-hydrogen) atoms. The van der Waals surface area contributed by atoms with Gasteiger partial charge < -0.3 is 9.80 Å². The number of nitrogens with zero attached hydrogens (tertiary/aromatic N) is 4. The number of halogens is 1. The van der Waals surface area contributed by atoms with Crippen LogP contribution in [0.1, 0.15) is 22.8 Å². The topological polar surface area (TPSA) is 73.3 Å². The Morgan fingerprint density at radius 3 is 2.23 bits per heavy atom. The molecule has 9 heteroatoms. The molecule has 3 aromatic rings. The third-order valence-electron chi connectivity index (χ3n) is 6.64. The number of rotatable bonds is 6. The van der Waals surface area contributed by atoms with Crippen LogP contribution in [-0.2, 0) is 9.59 Å². The Balaban J connectivity index is 1.25. The number of para-hydroxylation sites is 1. The van der Waals surface area contributed by atoms with Gasteiger partial charge in [0.2, 0.25) is 5.91 Å². The largest absolute Gasteiger partial charge is 0.368 e. The SMILES string of the molecule is CC(=O)c1ccc(N2CCN(C(=O)CSC3=NC(=Cc4ccccc4Cl)C(=O)N3c3ccccc3)CC2)cc1. The van der Waals surface area contributed by atoms with E-state index in [-0.39, 0.29) is 29.0 Å². The number of hydrogen-bond acceptors (Lipinski definition) is 6. The van der Waals surface area contributed by atoms with E-state index in [1.54, 1.807) is 24.0 Å². The van der Waals surface area contributed by atoms with E-state index >= 15 is 0 Å². The molecule has 0 radical (unpaired) electrons. The first kappa shape index (κ1) is 26.7. The minimum absolute atomic E-state index is 0.00160. The Morgan fingerprint density at radius 2 is 1.56 bits per heavy atom. The van der Waals surface area contributed by atoms with Gasteiger partial charge in [-0.3, -0.25) is 19.3 Å². The molecular formula is C30H27ClN4O3S. The molecule has 0 bridgehead atoms. The lowest BCUT2D eigenvalue weighted by atomic mass is 10.1. The van der Waals surface area contributed by atoms with E-state index in [0.717, 1.165) is 5.69 Å². The third-order valence-corrected chi connectivity index (χ3v) is 7.91. The predicted molar refractivity (Wildman–Crippen MR) is 158 cm³/mol. The molecule has 0 aliphatic carbocycles. The van der Waals surface area contributed by atoms with Crippen molar-refractivity contribution < 1.29 is 14.4 Å². The van der Waals surface area contributed by atoms with Crippen LogP contribution in [0.2, 0.25) is 5.02 Å². The fraction of sp³-hybridized carbons (Fsp3) is 0.200. The number of hydrogen-bond donors (Lipinski definition) is 0. The molecule has 5 rings (SSSR count). The molecule has 2 aliphatic heterocycles. The highest BCUT2D eigenvalue weighted by atomic mass is 35.5. The smallest absolute Gasteiger partial charge is 0.283 e. The number of ketones is 1. The highest BCUT2D eigenvalue weighted by Crippen LogP contribution is 2.30. The van der Waals surface area contributed by atoms with E-state index in [1.165, 1.54) is 11.8 Å². The fourth-order valence-corrected chi connectivity index (χ4v) is 5.58. The van der Waals surface area contributed by atoms with Crippen LogP contribution in [0.3, 0.4) is 0 Å². The van der Waals surface area contributed by atoms with Crippen molar-refractivity contribution >= 4 is 63.6 Å². The van der Waals surface area contributed by atoms with Gasteiger partial charge >= 0.3 is 0 Å². The molecule has 0 saturated carbocycles. The second-order valence-corrected chi connectivity index (χ2v) is 10.5. The number of amides is 2. The molecule has 0 spiro atoms. The first-order valence-electron chi connectivity index (χ1n) is 12.6. The fourth-order valence-electron chi connectivity index (χ4n) is 4.48. The molecule has 198 valence electrons. The normalized spacial score (nSPS) is 16.6. The number of amidine groups is 1. The zero-order chi connectivity index (χ0) is 27.4. The number of aliphatic imine (C=N–C) groups is 1. The first-order valence-corrected chi connectivity index (χ1v) is 14.0. The summed E-state index contributed by atoms with van der Waals surface area (Å²) < 4.78 is 0. The van der Waals surface area contributed by atoms with Crippen LogP contribution >= 0.6 is 23.4 Å². The standard InChI is InChI=1S/C30H27ClN4O3S/c1-21(36)22-11-13-24(14-12-22)33-15-17-34(18-16-33)28(37)20-39-30-32-27(19-23-7-5-6-10-26(23)31)29(38)35(30)25-8-3-2-4-9-25/h2-14,19H,15-18,20H2,1H3. The van der Waals surface area contributed by atoms with Crippen molar-refractivity contribution in [1.82, 2.24) is 4.90 Å².